The third-order valence-corrected chi connectivity index (χ3v) is 6.83. The van der Waals surface area contributed by atoms with E-state index in [0.717, 1.165) is 12.8 Å². The van der Waals surface area contributed by atoms with Crippen LogP contribution in [-0.4, -0.2) is 44.7 Å². The lowest BCUT2D eigenvalue weighted by Crippen LogP contribution is -2.35. The maximum absolute atomic E-state index is 12.5. The number of aryl methyl sites for hydroxylation is 1. The fourth-order valence-corrected chi connectivity index (χ4v) is 4.32. The fraction of sp³-hybridized carbons (Fsp3) is 0.350. The van der Waals surface area contributed by atoms with Crippen molar-refractivity contribution in [2.24, 2.45) is 0 Å². The van der Waals surface area contributed by atoms with E-state index in [1.54, 1.807) is 31.2 Å². The number of hydrogen-bond acceptors (Lipinski definition) is 5. The van der Waals surface area contributed by atoms with Crippen LogP contribution < -0.4 is 14.8 Å². The monoisotopic (exact) mass is 472 g/mol. The first-order chi connectivity index (χ1) is 14.2. The van der Waals surface area contributed by atoms with Crippen LogP contribution in [0.5, 0.6) is 5.75 Å². The van der Waals surface area contributed by atoms with Gasteiger partial charge in [0, 0.05) is 18.2 Å². The van der Waals surface area contributed by atoms with Crippen molar-refractivity contribution in [1.29, 1.82) is 0 Å². The zero-order valence-electron chi connectivity index (χ0n) is 16.2. The van der Waals surface area contributed by atoms with E-state index < -0.39 is 22.0 Å². The van der Waals surface area contributed by atoms with Gasteiger partial charge in [0.1, 0.15) is 23.5 Å². The molecule has 2 aromatic rings. The van der Waals surface area contributed by atoms with E-state index >= 15 is 0 Å². The minimum Gasteiger partial charge on any atom is -0.489 e. The van der Waals surface area contributed by atoms with E-state index in [1.165, 1.54) is 12.1 Å². The first kappa shape index (κ1) is 22.8. The highest BCUT2D eigenvalue weighted by Gasteiger charge is 2.28. The van der Waals surface area contributed by atoms with E-state index in [-0.39, 0.29) is 34.7 Å². The zero-order valence-corrected chi connectivity index (χ0v) is 18.5. The van der Waals surface area contributed by atoms with Crippen molar-refractivity contribution in [3.63, 3.8) is 0 Å². The molecular weight excluding hydrogens is 451 g/mol. The Hall–Kier alpha value is -1.84. The van der Waals surface area contributed by atoms with Crippen molar-refractivity contribution in [3.05, 3.63) is 57.6 Å². The Labute approximate surface area is 185 Å². The van der Waals surface area contributed by atoms with Gasteiger partial charge in [0.25, 0.3) is 5.91 Å². The summed E-state index contributed by atoms with van der Waals surface area (Å²) in [4.78, 5) is 12.6. The molecule has 1 saturated carbocycles. The Kier molecular flexibility index (Phi) is 7.26. The highest BCUT2D eigenvalue weighted by Crippen LogP contribution is 2.31. The van der Waals surface area contributed by atoms with Gasteiger partial charge in [-0.2, -0.15) is 0 Å². The summed E-state index contributed by atoms with van der Waals surface area (Å²) in [7, 11) is -3.67. The molecule has 1 aliphatic carbocycles. The normalized spacial score (nSPS) is 14.9. The summed E-state index contributed by atoms with van der Waals surface area (Å²) in [6.45, 7) is 1.51. The summed E-state index contributed by atoms with van der Waals surface area (Å²) in [5, 5.41) is 13.3. The van der Waals surface area contributed by atoms with Gasteiger partial charge in [0.05, 0.1) is 9.92 Å². The average molecular weight is 473 g/mol. The second-order valence-electron chi connectivity index (χ2n) is 7.10. The molecule has 0 aromatic heterocycles. The van der Waals surface area contributed by atoms with Gasteiger partial charge in [0.2, 0.25) is 10.0 Å². The van der Waals surface area contributed by atoms with Crippen molar-refractivity contribution < 1.29 is 23.1 Å². The molecule has 0 radical (unpaired) electrons. The molecular formula is C20H22Cl2N2O5S. The molecule has 162 valence electrons. The number of rotatable bonds is 9. The van der Waals surface area contributed by atoms with Crippen LogP contribution in [0.2, 0.25) is 10.0 Å². The van der Waals surface area contributed by atoms with Crippen molar-refractivity contribution in [2.45, 2.75) is 36.8 Å². The molecule has 1 unspecified atom stereocenters. The van der Waals surface area contributed by atoms with Gasteiger partial charge >= 0.3 is 0 Å². The minimum absolute atomic E-state index is 0.0308. The molecule has 1 atom stereocenters. The van der Waals surface area contributed by atoms with Crippen LogP contribution >= 0.6 is 23.2 Å². The number of nitrogens with one attached hydrogen (secondary N) is 2. The summed E-state index contributed by atoms with van der Waals surface area (Å²) in [5.74, 6) is -0.165. The van der Waals surface area contributed by atoms with Crippen LogP contribution in [0.25, 0.3) is 0 Å². The number of sulfonamides is 1. The Morgan fingerprint density at radius 1 is 1.27 bits per heavy atom. The topological polar surface area (TPSA) is 105 Å². The number of carbonyl (C=O) groups is 1. The predicted octanol–water partition coefficient (Wildman–Crippen LogP) is 2.91. The average Bonchev–Trinajstić information content (AvgIpc) is 3.50. The molecule has 1 aliphatic rings. The third-order valence-electron chi connectivity index (χ3n) is 4.51. The van der Waals surface area contributed by atoms with E-state index in [2.05, 4.69) is 10.0 Å². The lowest BCUT2D eigenvalue weighted by Gasteiger charge is -2.15. The van der Waals surface area contributed by atoms with Crippen LogP contribution in [0.4, 0.5) is 0 Å². The summed E-state index contributed by atoms with van der Waals surface area (Å²) in [6.07, 6.45) is 0.630. The van der Waals surface area contributed by atoms with Crippen LogP contribution in [0.1, 0.15) is 28.8 Å². The fourth-order valence-electron chi connectivity index (χ4n) is 2.65. The highest BCUT2D eigenvalue weighted by atomic mass is 35.5. The smallest absolute Gasteiger partial charge is 0.251 e. The summed E-state index contributed by atoms with van der Waals surface area (Å²) >= 11 is 11.9. The van der Waals surface area contributed by atoms with Crippen molar-refractivity contribution in [1.82, 2.24) is 10.0 Å². The molecule has 0 heterocycles. The maximum atomic E-state index is 12.5. The second-order valence-corrected chi connectivity index (χ2v) is 9.60. The SMILES string of the molecule is Cc1ccc(S(=O)(=O)NC2CC2)cc1C(=O)NCC(O)COc1cccc(Cl)c1Cl. The second kappa shape index (κ2) is 9.53. The van der Waals surface area contributed by atoms with Gasteiger partial charge in [0.15, 0.2) is 0 Å². The Bertz CT molecular complexity index is 1040. The van der Waals surface area contributed by atoms with Gasteiger partial charge in [-0.25, -0.2) is 13.1 Å². The molecule has 0 aliphatic heterocycles. The quantitative estimate of drug-likeness (QED) is 0.520. The lowest BCUT2D eigenvalue weighted by atomic mass is 10.1. The number of benzene rings is 2. The summed E-state index contributed by atoms with van der Waals surface area (Å²) < 4.78 is 32.8. The molecule has 1 amide bonds. The predicted molar refractivity (Wildman–Crippen MR) is 115 cm³/mol. The van der Waals surface area contributed by atoms with Crippen molar-refractivity contribution >= 4 is 39.1 Å². The van der Waals surface area contributed by atoms with Crippen molar-refractivity contribution in [3.8, 4) is 5.75 Å². The van der Waals surface area contributed by atoms with Gasteiger partial charge in [-0.1, -0.05) is 35.3 Å². The Balaban J connectivity index is 1.58. The molecule has 10 heteroatoms. The molecule has 30 heavy (non-hydrogen) atoms. The van der Waals surface area contributed by atoms with Gasteiger partial charge in [-0.15, -0.1) is 0 Å². The lowest BCUT2D eigenvalue weighted by molar-refractivity contribution is 0.0843. The standard InChI is InChI=1S/C20H22Cl2N2O5S/c1-12-5-8-15(30(27,28)24-13-6-7-13)9-16(12)20(26)23-10-14(25)11-29-18-4-2-3-17(21)19(18)22/h2-5,8-9,13-14,24-25H,6-7,10-11H2,1H3,(H,23,26). The Morgan fingerprint density at radius 3 is 2.70 bits per heavy atom. The van der Waals surface area contributed by atoms with E-state index in [1.807, 2.05) is 0 Å². The van der Waals surface area contributed by atoms with E-state index in [0.29, 0.717) is 16.3 Å². The first-order valence-electron chi connectivity index (χ1n) is 9.33. The molecule has 0 spiro atoms. The van der Waals surface area contributed by atoms with Crippen LogP contribution in [0.3, 0.4) is 0 Å². The third kappa shape index (κ3) is 5.86. The number of amides is 1. The molecule has 2 aromatic carbocycles. The number of carbonyl (C=O) groups excluding carboxylic acids is 1. The first-order valence-corrected chi connectivity index (χ1v) is 11.6. The van der Waals surface area contributed by atoms with Gasteiger partial charge in [-0.3, -0.25) is 4.79 Å². The summed E-state index contributed by atoms with van der Waals surface area (Å²) in [5.41, 5.74) is 0.842. The minimum atomic E-state index is -3.67. The van der Waals surface area contributed by atoms with E-state index in [4.69, 9.17) is 27.9 Å². The van der Waals surface area contributed by atoms with Crippen molar-refractivity contribution in [2.75, 3.05) is 13.2 Å². The van der Waals surface area contributed by atoms with Gasteiger partial charge < -0.3 is 15.2 Å². The van der Waals surface area contributed by atoms with Gasteiger partial charge in [-0.05, 0) is 49.6 Å². The number of aliphatic hydroxyl groups is 1. The zero-order chi connectivity index (χ0) is 21.9. The maximum Gasteiger partial charge on any atom is 0.251 e. The summed E-state index contributed by atoms with van der Waals surface area (Å²) in [6, 6.07) is 9.25. The van der Waals surface area contributed by atoms with Crippen LogP contribution in [-0.2, 0) is 10.0 Å². The molecule has 7 nitrogen and oxygen atoms in total. The highest BCUT2D eigenvalue weighted by molar-refractivity contribution is 7.89. The molecule has 0 saturated heterocycles. The largest absolute Gasteiger partial charge is 0.489 e. The number of ether oxygens (including phenoxy) is 1. The van der Waals surface area contributed by atoms with E-state index in [9.17, 15) is 18.3 Å². The number of aliphatic hydroxyl groups excluding tert-OH is 1. The molecule has 3 rings (SSSR count). The van der Waals surface area contributed by atoms with Crippen LogP contribution in [0.15, 0.2) is 41.3 Å². The number of hydrogen-bond donors (Lipinski definition) is 3. The number of halogens is 2. The Morgan fingerprint density at radius 2 is 2.00 bits per heavy atom. The van der Waals surface area contributed by atoms with Crippen LogP contribution in [0, 0.1) is 6.92 Å². The molecule has 1 fully saturated rings. The molecule has 0 bridgehead atoms. The molecule has 3 N–H and O–H groups in total.